The van der Waals surface area contributed by atoms with E-state index in [0.29, 0.717) is 22.7 Å². The highest BCUT2D eigenvalue weighted by Gasteiger charge is 2.14. The molecule has 5 heteroatoms. The van der Waals surface area contributed by atoms with Crippen LogP contribution in [-0.4, -0.2) is 26.4 Å². The van der Waals surface area contributed by atoms with Crippen molar-refractivity contribution in [2.24, 2.45) is 0 Å². The van der Waals surface area contributed by atoms with E-state index in [1.54, 1.807) is 32.0 Å². The van der Waals surface area contributed by atoms with Crippen molar-refractivity contribution in [3.05, 3.63) is 47.0 Å². The van der Waals surface area contributed by atoms with Gasteiger partial charge in [0.1, 0.15) is 0 Å². The molecule has 122 valence electrons. The molecule has 1 N–H and O–H groups in total. The Balaban J connectivity index is 2.33. The lowest BCUT2D eigenvalue weighted by atomic mass is 10.1. The number of rotatable bonds is 5. The quantitative estimate of drug-likeness (QED) is 0.830. The van der Waals surface area contributed by atoms with Gasteiger partial charge in [-0.15, -0.1) is 11.8 Å². The Morgan fingerprint density at radius 3 is 2.26 bits per heavy atom. The van der Waals surface area contributed by atoms with Gasteiger partial charge in [0.05, 0.1) is 14.2 Å². The zero-order valence-electron chi connectivity index (χ0n) is 14.0. The summed E-state index contributed by atoms with van der Waals surface area (Å²) in [5.74, 6) is 1.10. The van der Waals surface area contributed by atoms with Crippen LogP contribution in [0.25, 0.3) is 0 Å². The second kappa shape index (κ2) is 7.42. The second-order valence-electron chi connectivity index (χ2n) is 5.16. The summed E-state index contributed by atoms with van der Waals surface area (Å²) < 4.78 is 10.6. The molecule has 0 atom stereocenters. The monoisotopic (exact) mass is 331 g/mol. The molecule has 23 heavy (non-hydrogen) atoms. The van der Waals surface area contributed by atoms with Gasteiger partial charge in [-0.1, -0.05) is 6.07 Å². The summed E-state index contributed by atoms with van der Waals surface area (Å²) >= 11 is 1.61. The smallest absolute Gasteiger partial charge is 0.255 e. The topological polar surface area (TPSA) is 47.6 Å². The highest BCUT2D eigenvalue weighted by molar-refractivity contribution is 7.98. The Kier molecular flexibility index (Phi) is 5.55. The van der Waals surface area contributed by atoms with Crippen LogP contribution < -0.4 is 14.8 Å². The number of nitrogens with one attached hydrogen (secondary N) is 1. The van der Waals surface area contributed by atoms with Crippen molar-refractivity contribution in [3.8, 4) is 11.5 Å². The molecule has 0 radical (unpaired) electrons. The number of methoxy groups -OCH3 is 2. The zero-order chi connectivity index (χ0) is 17.0. The summed E-state index contributed by atoms with van der Waals surface area (Å²) in [6, 6.07) is 9.51. The highest BCUT2D eigenvalue weighted by atomic mass is 32.2. The number of carbonyl (C=O) groups is 1. The largest absolute Gasteiger partial charge is 0.493 e. The minimum atomic E-state index is -0.131. The molecule has 0 bridgehead atoms. The Morgan fingerprint density at radius 1 is 1.00 bits per heavy atom. The Bertz CT molecular complexity index is 728. The number of thioether (sulfide) groups is 1. The van der Waals surface area contributed by atoms with Crippen LogP contribution in [0.3, 0.4) is 0 Å². The molecular weight excluding hydrogens is 310 g/mol. The molecule has 2 aromatic rings. The van der Waals surface area contributed by atoms with E-state index in [1.807, 2.05) is 44.4 Å². The van der Waals surface area contributed by atoms with Crippen molar-refractivity contribution < 1.29 is 14.3 Å². The first-order chi connectivity index (χ1) is 11.0. The Hall–Kier alpha value is -2.14. The van der Waals surface area contributed by atoms with Crippen molar-refractivity contribution in [2.75, 3.05) is 25.8 Å². The van der Waals surface area contributed by atoms with Gasteiger partial charge in [-0.25, -0.2) is 0 Å². The van der Waals surface area contributed by atoms with Crippen molar-refractivity contribution >= 4 is 23.4 Å². The van der Waals surface area contributed by atoms with Gasteiger partial charge >= 0.3 is 0 Å². The van der Waals surface area contributed by atoms with Crippen LogP contribution in [0.5, 0.6) is 11.5 Å². The fourth-order valence-electron chi connectivity index (χ4n) is 2.28. The molecule has 2 rings (SSSR count). The third kappa shape index (κ3) is 3.79. The lowest BCUT2D eigenvalue weighted by Crippen LogP contribution is -2.14. The summed E-state index contributed by atoms with van der Waals surface area (Å²) in [6.07, 6.45) is 1.99. The lowest BCUT2D eigenvalue weighted by molar-refractivity contribution is 0.102. The predicted octanol–water partition coefficient (Wildman–Crippen LogP) is 4.29. The van der Waals surface area contributed by atoms with Crippen LogP contribution in [0.1, 0.15) is 21.5 Å². The summed E-state index contributed by atoms with van der Waals surface area (Å²) in [7, 11) is 3.16. The molecule has 4 nitrogen and oxygen atoms in total. The molecule has 0 unspecified atom stereocenters. The first kappa shape index (κ1) is 17.2. The number of amides is 1. The molecule has 0 spiro atoms. The number of benzene rings is 2. The van der Waals surface area contributed by atoms with Gasteiger partial charge in [0.15, 0.2) is 11.5 Å². The average Bonchev–Trinajstić information content (AvgIpc) is 2.56. The molecule has 0 aliphatic carbocycles. The van der Waals surface area contributed by atoms with Crippen molar-refractivity contribution in [2.45, 2.75) is 18.7 Å². The zero-order valence-corrected chi connectivity index (χ0v) is 14.8. The van der Waals surface area contributed by atoms with Crippen molar-refractivity contribution in [1.82, 2.24) is 0 Å². The minimum Gasteiger partial charge on any atom is -0.493 e. The van der Waals surface area contributed by atoms with Gasteiger partial charge in [0.25, 0.3) is 5.91 Å². The van der Waals surface area contributed by atoms with Gasteiger partial charge in [-0.05, 0) is 49.4 Å². The van der Waals surface area contributed by atoms with Gasteiger partial charge in [0.2, 0.25) is 0 Å². The SMILES string of the molecule is COc1cc(C)c(NC(=O)c2cc(SC)ccc2C)cc1OC. The van der Waals surface area contributed by atoms with Crippen molar-refractivity contribution in [3.63, 3.8) is 0 Å². The molecule has 0 aliphatic heterocycles. The molecule has 0 saturated heterocycles. The second-order valence-corrected chi connectivity index (χ2v) is 6.04. The fourth-order valence-corrected chi connectivity index (χ4v) is 2.72. The standard InChI is InChI=1S/C18H21NO3S/c1-11-6-7-13(23-5)9-14(11)18(20)19-15-10-17(22-4)16(21-3)8-12(15)2/h6-10H,1-5H3,(H,19,20). The first-order valence-corrected chi connectivity index (χ1v) is 8.41. The molecule has 1 amide bonds. The number of carbonyl (C=O) groups excluding carboxylic acids is 1. The molecule has 2 aromatic carbocycles. The van der Waals surface area contributed by atoms with Gasteiger partial charge in [-0.2, -0.15) is 0 Å². The molecule has 0 fully saturated rings. The van der Waals surface area contributed by atoms with Gasteiger partial charge in [-0.3, -0.25) is 4.79 Å². The normalized spacial score (nSPS) is 10.3. The van der Waals surface area contributed by atoms with Gasteiger partial charge in [0, 0.05) is 22.2 Å². The summed E-state index contributed by atoms with van der Waals surface area (Å²) in [5.41, 5.74) is 3.24. The molecule has 0 aliphatic rings. The average molecular weight is 331 g/mol. The predicted molar refractivity (Wildman–Crippen MR) is 95.2 cm³/mol. The molecule has 0 aromatic heterocycles. The van der Waals surface area contributed by atoms with E-state index in [1.165, 1.54) is 0 Å². The lowest BCUT2D eigenvalue weighted by Gasteiger charge is -2.14. The van der Waals surface area contributed by atoms with E-state index in [2.05, 4.69) is 5.32 Å². The number of ether oxygens (including phenoxy) is 2. The van der Waals surface area contributed by atoms with Crippen molar-refractivity contribution in [1.29, 1.82) is 0 Å². The third-order valence-corrected chi connectivity index (χ3v) is 4.39. The summed E-state index contributed by atoms with van der Waals surface area (Å²) in [4.78, 5) is 13.7. The van der Waals surface area contributed by atoms with Crippen LogP contribution in [0.4, 0.5) is 5.69 Å². The van der Waals surface area contributed by atoms with Crippen LogP contribution in [0.15, 0.2) is 35.2 Å². The highest BCUT2D eigenvalue weighted by Crippen LogP contribution is 2.33. The van der Waals surface area contributed by atoms with E-state index in [-0.39, 0.29) is 5.91 Å². The van der Waals surface area contributed by atoms with Crippen LogP contribution in [-0.2, 0) is 0 Å². The first-order valence-electron chi connectivity index (χ1n) is 7.18. The number of hydrogen-bond donors (Lipinski definition) is 1. The maximum Gasteiger partial charge on any atom is 0.255 e. The van der Waals surface area contributed by atoms with E-state index in [0.717, 1.165) is 16.0 Å². The maximum absolute atomic E-state index is 12.6. The molecular formula is C18H21NO3S. The van der Waals surface area contributed by atoms with Gasteiger partial charge < -0.3 is 14.8 Å². The van der Waals surface area contributed by atoms with E-state index < -0.39 is 0 Å². The number of hydrogen-bond acceptors (Lipinski definition) is 4. The maximum atomic E-state index is 12.6. The van der Waals surface area contributed by atoms with Crippen LogP contribution >= 0.6 is 11.8 Å². The molecule has 0 heterocycles. The Labute approximate surface area is 141 Å². The van der Waals surface area contributed by atoms with E-state index >= 15 is 0 Å². The minimum absolute atomic E-state index is 0.131. The fraction of sp³-hybridized carbons (Fsp3) is 0.278. The molecule has 0 saturated carbocycles. The van der Waals surface area contributed by atoms with Crippen LogP contribution in [0, 0.1) is 13.8 Å². The van der Waals surface area contributed by atoms with Crippen LogP contribution in [0.2, 0.25) is 0 Å². The number of anilines is 1. The van der Waals surface area contributed by atoms with E-state index in [9.17, 15) is 4.79 Å². The summed E-state index contributed by atoms with van der Waals surface area (Å²) in [5, 5.41) is 2.96. The Morgan fingerprint density at radius 2 is 1.65 bits per heavy atom. The number of aryl methyl sites for hydroxylation is 2. The third-order valence-electron chi connectivity index (χ3n) is 3.67. The summed E-state index contributed by atoms with van der Waals surface area (Å²) in [6.45, 7) is 3.85. The van der Waals surface area contributed by atoms with E-state index in [4.69, 9.17) is 9.47 Å².